The molecule has 0 fully saturated rings. The second-order valence-corrected chi connectivity index (χ2v) is 3.79. The molecule has 2 aromatic carbocycles. The Kier molecular flexibility index (Phi) is 3.71. The lowest BCUT2D eigenvalue weighted by Crippen LogP contribution is -1.89. The molecule has 0 atom stereocenters. The van der Waals surface area contributed by atoms with Crippen molar-refractivity contribution < 1.29 is 9.18 Å². The van der Waals surface area contributed by atoms with Crippen molar-refractivity contribution in [3.63, 3.8) is 0 Å². The number of rotatable bonds is 1. The quantitative estimate of drug-likeness (QED) is 0.576. The SMILES string of the molecule is N#Cc1ccc(C#Cc2ccc(F)cc2C=O)cc1. The van der Waals surface area contributed by atoms with Gasteiger partial charge in [0.2, 0.25) is 0 Å². The molecule has 0 aromatic heterocycles. The van der Waals surface area contributed by atoms with Gasteiger partial charge in [-0.2, -0.15) is 5.26 Å². The molecule has 0 spiro atoms. The Labute approximate surface area is 110 Å². The molecule has 0 N–H and O–H groups in total. The average molecular weight is 249 g/mol. The highest BCUT2D eigenvalue weighted by Gasteiger charge is 2.00. The number of hydrogen-bond acceptors (Lipinski definition) is 2. The highest BCUT2D eigenvalue weighted by atomic mass is 19.1. The zero-order valence-corrected chi connectivity index (χ0v) is 9.85. The number of nitrogens with zero attached hydrogens (tertiary/aromatic N) is 1. The van der Waals surface area contributed by atoms with Crippen LogP contribution < -0.4 is 0 Å². The maximum Gasteiger partial charge on any atom is 0.151 e. The predicted octanol–water partition coefficient (Wildman–Crippen LogP) is 2.91. The minimum atomic E-state index is -0.467. The zero-order valence-electron chi connectivity index (χ0n) is 9.85. The summed E-state index contributed by atoms with van der Waals surface area (Å²) in [6.45, 7) is 0. The van der Waals surface area contributed by atoms with Crippen molar-refractivity contribution in [3.8, 4) is 17.9 Å². The second kappa shape index (κ2) is 5.62. The first-order chi connectivity index (χ1) is 9.22. The van der Waals surface area contributed by atoms with E-state index in [0.717, 1.165) is 11.6 Å². The molecule has 3 heteroatoms. The summed E-state index contributed by atoms with van der Waals surface area (Å²) in [5.41, 5.74) is 1.97. The van der Waals surface area contributed by atoms with E-state index in [1.807, 2.05) is 6.07 Å². The zero-order chi connectivity index (χ0) is 13.7. The molecule has 0 aliphatic rings. The number of benzene rings is 2. The van der Waals surface area contributed by atoms with Crippen LogP contribution >= 0.6 is 0 Å². The molecule has 90 valence electrons. The monoisotopic (exact) mass is 249 g/mol. The smallest absolute Gasteiger partial charge is 0.151 e. The number of nitriles is 1. The Morgan fingerprint density at radius 1 is 1.00 bits per heavy atom. The van der Waals surface area contributed by atoms with E-state index in [0.29, 0.717) is 17.4 Å². The molecule has 0 saturated carbocycles. The van der Waals surface area contributed by atoms with Crippen LogP contribution in [0.1, 0.15) is 27.0 Å². The summed E-state index contributed by atoms with van der Waals surface area (Å²) in [7, 11) is 0. The molecule has 0 radical (unpaired) electrons. The van der Waals surface area contributed by atoms with Crippen LogP contribution in [0.3, 0.4) is 0 Å². The van der Waals surface area contributed by atoms with Gasteiger partial charge < -0.3 is 0 Å². The molecule has 0 bridgehead atoms. The van der Waals surface area contributed by atoms with Gasteiger partial charge in [0.15, 0.2) is 6.29 Å². The Morgan fingerprint density at radius 3 is 2.32 bits per heavy atom. The molecule has 0 amide bonds. The van der Waals surface area contributed by atoms with E-state index in [-0.39, 0.29) is 5.56 Å². The molecule has 0 aliphatic carbocycles. The summed E-state index contributed by atoms with van der Waals surface area (Å²) in [6.07, 6.45) is 0.575. The normalized spacial score (nSPS) is 9.05. The molecule has 19 heavy (non-hydrogen) atoms. The Hall–Kier alpha value is -2.91. The predicted molar refractivity (Wildman–Crippen MR) is 68.9 cm³/mol. The maximum absolute atomic E-state index is 12.9. The minimum Gasteiger partial charge on any atom is -0.298 e. The number of hydrogen-bond donors (Lipinski definition) is 0. The van der Waals surface area contributed by atoms with Crippen molar-refractivity contribution >= 4 is 6.29 Å². The Morgan fingerprint density at radius 2 is 1.68 bits per heavy atom. The van der Waals surface area contributed by atoms with Crippen molar-refractivity contribution in [1.29, 1.82) is 5.26 Å². The third-order valence-corrected chi connectivity index (χ3v) is 2.50. The van der Waals surface area contributed by atoms with Gasteiger partial charge in [0.25, 0.3) is 0 Å². The van der Waals surface area contributed by atoms with Gasteiger partial charge in [0.05, 0.1) is 11.6 Å². The van der Waals surface area contributed by atoms with E-state index in [2.05, 4.69) is 11.8 Å². The lowest BCUT2D eigenvalue weighted by Gasteiger charge is -1.96. The second-order valence-electron chi connectivity index (χ2n) is 3.79. The van der Waals surface area contributed by atoms with Gasteiger partial charge in [0.1, 0.15) is 5.82 Å². The minimum absolute atomic E-state index is 0.223. The summed E-state index contributed by atoms with van der Waals surface area (Å²) in [5.74, 6) is 5.21. The fourth-order valence-corrected chi connectivity index (χ4v) is 1.51. The van der Waals surface area contributed by atoms with Crippen molar-refractivity contribution in [2.24, 2.45) is 0 Å². The van der Waals surface area contributed by atoms with Crippen LogP contribution in [-0.4, -0.2) is 6.29 Å². The number of halogens is 1. The van der Waals surface area contributed by atoms with Crippen LogP contribution in [0.2, 0.25) is 0 Å². The van der Waals surface area contributed by atoms with Crippen molar-refractivity contribution in [3.05, 3.63) is 70.5 Å². The molecule has 0 unspecified atom stereocenters. The van der Waals surface area contributed by atoms with Crippen LogP contribution in [0.5, 0.6) is 0 Å². The summed E-state index contributed by atoms with van der Waals surface area (Å²) >= 11 is 0. The fraction of sp³-hybridized carbons (Fsp3) is 0. The first-order valence-corrected chi connectivity index (χ1v) is 5.50. The highest BCUT2D eigenvalue weighted by Crippen LogP contribution is 2.08. The number of carbonyl (C=O) groups excluding carboxylic acids is 1. The summed E-state index contributed by atoms with van der Waals surface area (Å²) < 4.78 is 12.9. The van der Waals surface area contributed by atoms with E-state index in [9.17, 15) is 9.18 Å². The molecular weight excluding hydrogens is 241 g/mol. The van der Waals surface area contributed by atoms with E-state index >= 15 is 0 Å². The van der Waals surface area contributed by atoms with Crippen molar-refractivity contribution in [2.45, 2.75) is 0 Å². The van der Waals surface area contributed by atoms with Gasteiger partial charge in [-0.1, -0.05) is 11.8 Å². The summed E-state index contributed by atoms with van der Waals surface area (Å²) in [5, 5.41) is 8.67. The fourth-order valence-electron chi connectivity index (χ4n) is 1.51. The average Bonchev–Trinajstić information content (AvgIpc) is 2.46. The van der Waals surface area contributed by atoms with Crippen LogP contribution in [-0.2, 0) is 0 Å². The summed E-state index contributed by atoms with van der Waals surface area (Å²) in [6, 6.07) is 12.7. The van der Waals surface area contributed by atoms with E-state index < -0.39 is 5.82 Å². The molecule has 2 rings (SSSR count). The molecule has 2 nitrogen and oxygen atoms in total. The molecular formula is C16H8FNO. The first-order valence-electron chi connectivity index (χ1n) is 5.50. The number of aldehydes is 1. The lowest BCUT2D eigenvalue weighted by atomic mass is 10.1. The van der Waals surface area contributed by atoms with Crippen LogP contribution in [0.4, 0.5) is 4.39 Å². The number of carbonyl (C=O) groups is 1. The van der Waals surface area contributed by atoms with Crippen molar-refractivity contribution in [1.82, 2.24) is 0 Å². The Bertz CT molecular complexity index is 715. The largest absolute Gasteiger partial charge is 0.298 e. The molecule has 0 aliphatic heterocycles. The van der Waals surface area contributed by atoms with E-state index in [1.165, 1.54) is 12.1 Å². The van der Waals surface area contributed by atoms with E-state index in [4.69, 9.17) is 5.26 Å². The molecule has 0 saturated heterocycles. The van der Waals surface area contributed by atoms with Crippen molar-refractivity contribution in [2.75, 3.05) is 0 Å². The van der Waals surface area contributed by atoms with Crippen LogP contribution in [0.15, 0.2) is 42.5 Å². The maximum atomic E-state index is 12.9. The third-order valence-electron chi connectivity index (χ3n) is 2.50. The Balaban J connectivity index is 2.33. The standard InChI is InChI=1S/C16H8FNO/c17-16-8-7-14(15(9-16)11-19)6-5-12-1-3-13(10-18)4-2-12/h1-4,7-9,11H. The van der Waals surface area contributed by atoms with Crippen LogP contribution in [0, 0.1) is 29.0 Å². The lowest BCUT2D eigenvalue weighted by molar-refractivity contribution is 0.112. The van der Waals surface area contributed by atoms with Gasteiger partial charge in [-0.3, -0.25) is 4.79 Å². The van der Waals surface area contributed by atoms with Gasteiger partial charge in [-0.25, -0.2) is 4.39 Å². The van der Waals surface area contributed by atoms with Gasteiger partial charge in [-0.15, -0.1) is 0 Å². The van der Waals surface area contributed by atoms with Gasteiger partial charge in [-0.05, 0) is 42.5 Å². The van der Waals surface area contributed by atoms with Gasteiger partial charge >= 0.3 is 0 Å². The highest BCUT2D eigenvalue weighted by molar-refractivity contribution is 5.79. The molecule has 0 heterocycles. The first kappa shape index (κ1) is 12.5. The third kappa shape index (κ3) is 3.06. The van der Waals surface area contributed by atoms with E-state index in [1.54, 1.807) is 24.3 Å². The topological polar surface area (TPSA) is 40.9 Å². The summed E-state index contributed by atoms with van der Waals surface area (Å²) in [4.78, 5) is 10.8. The van der Waals surface area contributed by atoms with Crippen LogP contribution in [0.25, 0.3) is 0 Å². The van der Waals surface area contributed by atoms with Gasteiger partial charge in [0, 0.05) is 16.7 Å². The molecule has 2 aromatic rings.